The Morgan fingerprint density at radius 2 is 2.25 bits per heavy atom. The molecule has 1 atom stereocenters. The van der Waals surface area contributed by atoms with E-state index in [1.54, 1.807) is 6.07 Å². The lowest BCUT2D eigenvalue weighted by Gasteiger charge is -2.11. The largest absolute Gasteiger partial charge is 0.368 e. The van der Waals surface area contributed by atoms with Crippen LogP contribution in [0.25, 0.3) is 0 Å². The standard InChI is InChI=1S/C14H17BrN2O3/c1-9-7-10(4-5-11(9)15)17-13(18)8-16-14(19)12-3-2-6-20-12/h4-5,7,12H,2-3,6,8H2,1H3,(H,16,19)(H,17,18)/t12-/m0/s1. The van der Waals surface area contributed by atoms with E-state index in [2.05, 4.69) is 26.6 Å². The zero-order chi connectivity index (χ0) is 14.5. The van der Waals surface area contributed by atoms with E-state index < -0.39 is 6.10 Å². The molecule has 0 bridgehead atoms. The predicted octanol–water partition coefficient (Wildman–Crippen LogP) is 1.99. The highest BCUT2D eigenvalue weighted by Gasteiger charge is 2.23. The van der Waals surface area contributed by atoms with Crippen LogP contribution >= 0.6 is 15.9 Å². The molecule has 5 nitrogen and oxygen atoms in total. The summed E-state index contributed by atoms with van der Waals surface area (Å²) in [6, 6.07) is 5.54. The smallest absolute Gasteiger partial charge is 0.249 e. The SMILES string of the molecule is Cc1cc(NC(=O)CNC(=O)[C@@H]2CCCO2)ccc1Br. The molecule has 1 fully saturated rings. The van der Waals surface area contributed by atoms with Crippen molar-refractivity contribution in [2.45, 2.75) is 25.9 Å². The Balaban J connectivity index is 1.80. The topological polar surface area (TPSA) is 67.4 Å². The lowest BCUT2D eigenvalue weighted by Crippen LogP contribution is -2.39. The number of aryl methyl sites for hydroxylation is 1. The molecule has 2 N–H and O–H groups in total. The van der Waals surface area contributed by atoms with Gasteiger partial charge in [0.25, 0.3) is 0 Å². The minimum Gasteiger partial charge on any atom is -0.368 e. The zero-order valence-electron chi connectivity index (χ0n) is 11.2. The van der Waals surface area contributed by atoms with Gasteiger partial charge in [0.15, 0.2) is 0 Å². The van der Waals surface area contributed by atoms with Crippen molar-refractivity contribution in [3.05, 3.63) is 28.2 Å². The van der Waals surface area contributed by atoms with Crippen LogP contribution in [0, 0.1) is 6.92 Å². The first-order valence-electron chi connectivity index (χ1n) is 6.51. The van der Waals surface area contributed by atoms with E-state index in [0.717, 1.165) is 22.9 Å². The molecule has 0 saturated carbocycles. The van der Waals surface area contributed by atoms with E-state index in [4.69, 9.17) is 4.74 Å². The molecule has 0 radical (unpaired) electrons. The number of rotatable bonds is 4. The fourth-order valence-corrected chi connectivity index (χ4v) is 2.24. The average molecular weight is 341 g/mol. The van der Waals surface area contributed by atoms with Crippen molar-refractivity contribution >= 4 is 33.4 Å². The summed E-state index contributed by atoms with van der Waals surface area (Å²) in [6.45, 7) is 2.51. The van der Waals surface area contributed by atoms with Gasteiger partial charge in [0.1, 0.15) is 6.10 Å². The summed E-state index contributed by atoms with van der Waals surface area (Å²) in [5.41, 5.74) is 1.74. The van der Waals surface area contributed by atoms with E-state index in [1.807, 2.05) is 19.1 Å². The Labute approximate surface area is 126 Å². The first-order chi connectivity index (χ1) is 9.56. The number of ether oxygens (including phenoxy) is 1. The van der Waals surface area contributed by atoms with Crippen molar-refractivity contribution in [3.63, 3.8) is 0 Å². The average Bonchev–Trinajstić information content (AvgIpc) is 2.94. The van der Waals surface area contributed by atoms with E-state index in [0.29, 0.717) is 12.3 Å². The number of anilines is 1. The van der Waals surface area contributed by atoms with Crippen molar-refractivity contribution in [3.8, 4) is 0 Å². The van der Waals surface area contributed by atoms with Crippen LogP contribution in [0.1, 0.15) is 18.4 Å². The zero-order valence-corrected chi connectivity index (χ0v) is 12.8. The highest BCUT2D eigenvalue weighted by molar-refractivity contribution is 9.10. The fourth-order valence-electron chi connectivity index (χ4n) is 1.99. The van der Waals surface area contributed by atoms with Crippen LogP contribution in [0.2, 0.25) is 0 Å². The quantitative estimate of drug-likeness (QED) is 0.880. The maximum atomic E-state index is 11.7. The summed E-state index contributed by atoms with van der Waals surface area (Å²) in [5, 5.41) is 5.33. The van der Waals surface area contributed by atoms with Crippen molar-refractivity contribution in [2.24, 2.45) is 0 Å². The molecule has 2 amide bonds. The summed E-state index contributed by atoms with van der Waals surface area (Å²) < 4.78 is 6.23. The molecule has 1 aliphatic rings. The van der Waals surface area contributed by atoms with Gasteiger partial charge in [-0.25, -0.2) is 0 Å². The van der Waals surface area contributed by atoms with Crippen LogP contribution in [0.4, 0.5) is 5.69 Å². The van der Waals surface area contributed by atoms with Gasteiger partial charge in [-0.05, 0) is 43.5 Å². The van der Waals surface area contributed by atoms with E-state index in [9.17, 15) is 9.59 Å². The summed E-state index contributed by atoms with van der Waals surface area (Å²) in [6.07, 6.45) is 1.21. The summed E-state index contributed by atoms with van der Waals surface area (Å²) in [4.78, 5) is 23.4. The second-order valence-electron chi connectivity index (χ2n) is 4.73. The van der Waals surface area contributed by atoms with Gasteiger partial charge in [0.2, 0.25) is 11.8 Å². The van der Waals surface area contributed by atoms with Crippen LogP contribution in [-0.4, -0.2) is 31.1 Å². The molecule has 1 aromatic rings. The van der Waals surface area contributed by atoms with Crippen LogP contribution in [0.3, 0.4) is 0 Å². The molecule has 1 heterocycles. The number of nitrogens with one attached hydrogen (secondary N) is 2. The Bertz CT molecular complexity index is 513. The van der Waals surface area contributed by atoms with E-state index in [-0.39, 0.29) is 18.4 Å². The summed E-state index contributed by atoms with van der Waals surface area (Å²) in [5.74, 6) is -0.470. The van der Waals surface area contributed by atoms with Gasteiger partial charge in [-0.3, -0.25) is 9.59 Å². The predicted molar refractivity (Wildman–Crippen MR) is 79.5 cm³/mol. The molecule has 1 aliphatic heterocycles. The third-order valence-corrected chi connectivity index (χ3v) is 3.98. The number of halogens is 1. The molecule has 20 heavy (non-hydrogen) atoms. The number of hydrogen-bond donors (Lipinski definition) is 2. The third kappa shape index (κ3) is 4.05. The Kier molecular flexibility index (Phi) is 5.14. The number of carbonyl (C=O) groups is 2. The Morgan fingerprint density at radius 1 is 1.45 bits per heavy atom. The van der Waals surface area contributed by atoms with Gasteiger partial charge in [0, 0.05) is 16.8 Å². The van der Waals surface area contributed by atoms with Gasteiger partial charge in [-0.1, -0.05) is 15.9 Å². The summed E-state index contributed by atoms with van der Waals surface area (Å²) >= 11 is 3.40. The molecule has 0 unspecified atom stereocenters. The minimum absolute atomic E-state index is 0.0478. The minimum atomic E-state index is -0.405. The van der Waals surface area contributed by atoms with Crippen molar-refractivity contribution in [1.29, 1.82) is 0 Å². The maximum absolute atomic E-state index is 11.7. The molecule has 0 spiro atoms. The summed E-state index contributed by atoms with van der Waals surface area (Å²) in [7, 11) is 0. The second-order valence-corrected chi connectivity index (χ2v) is 5.59. The third-order valence-electron chi connectivity index (χ3n) is 3.09. The van der Waals surface area contributed by atoms with Crippen molar-refractivity contribution in [1.82, 2.24) is 5.32 Å². The first-order valence-corrected chi connectivity index (χ1v) is 7.31. The van der Waals surface area contributed by atoms with Crippen LogP contribution in [0.5, 0.6) is 0 Å². The molecule has 6 heteroatoms. The van der Waals surface area contributed by atoms with Gasteiger partial charge < -0.3 is 15.4 Å². The molecule has 1 saturated heterocycles. The van der Waals surface area contributed by atoms with Crippen molar-refractivity contribution < 1.29 is 14.3 Å². The van der Waals surface area contributed by atoms with Gasteiger partial charge in [-0.2, -0.15) is 0 Å². The van der Waals surface area contributed by atoms with Crippen LogP contribution < -0.4 is 10.6 Å². The molecular formula is C14H17BrN2O3. The van der Waals surface area contributed by atoms with E-state index >= 15 is 0 Å². The fraction of sp³-hybridized carbons (Fsp3) is 0.429. The second kappa shape index (κ2) is 6.85. The number of carbonyl (C=O) groups excluding carboxylic acids is 2. The number of benzene rings is 1. The molecule has 0 aliphatic carbocycles. The van der Waals surface area contributed by atoms with Crippen LogP contribution in [0.15, 0.2) is 22.7 Å². The molecular weight excluding hydrogens is 324 g/mol. The number of hydrogen-bond acceptors (Lipinski definition) is 3. The molecule has 108 valence electrons. The Morgan fingerprint density at radius 3 is 2.90 bits per heavy atom. The lowest BCUT2D eigenvalue weighted by atomic mass is 10.2. The van der Waals surface area contributed by atoms with Gasteiger partial charge >= 0.3 is 0 Å². The molecule has 1 aromatic carbocycles. The molecule has 2 rings (SSSR count). The van der Waals surface area contributed by atoms with Crippen LogP contribution in [-0.2, 0) is 14.3 Å². The molecule has 0 aromatic heterocycles. The van der Waals surface area contributed by atoms with Gasteiger partial charge in [0.05, 0.1) is 6.54 Å². The highest BCUT2D eigenvalue weighted by Crippen LogP contribution is 2.19. The Hall–Kier alpha value is -1.40. The maximum Gasteiger partial charge on any atom is 0.249 e. The lowest BCUT2D eigenvalue weighted by molar-refractivity contribution is -0.131. The van der Waals surface area contributed by atoms with Crippen molar-refractivity contribution in [2.75, 3.05) is 18.5 Å². The first kappa shape index (κ1) is 15.0. The monoisotopic (exact) mass is 340 g/mol. The van der Waals surface area contributed by atoms with Gasteiger partial charge in [-0.15, -0.1) is 0 Å². The highest BCUT2D eigenvalue weighted by atomic mass is 79.9. The number of amides is 2. The van der Waals surface area contributed by atoms with E-state index in [1.165, 1.54) is 0 Å². The normalized spacial score (nSPS) is 17.8.